The van der Waals surface area contributed by atoms with Crippen LogP contribution >= 0.6 is 0 Å². The van der Waals surface area contributed by atoms with Gasteiger partial charge in [-0.3, -0.25) is 14.4 Å². The molecule has 0 heterocycles. The summed E-state index contributed by atoms with van der Waals surface area (Å²) in [6, 6.07) is 0. The van der Waals surface area contributed by atoms with Crippen molar-refractivity contribution in [1.29, 1.82) is 0 Å². The number of carbonyl (C=O) groups is 3. The van der Waals surface area contributed by atoms with E-state index in [-0.39, 0.29) is 31.1 Å². The zero-order valence-electron chi connectivity index (χ0n) is 46.0. The molecule has 0 bridgehead atoms. The predicted molar refractivity (Wildman–Crippen MR) is 302 cm³/mol. The van der Waals surface area contributed by atoms with Gasteiger partial charge in [-0.25, -0.2) is 0 Å². The Hall–Kier alpha value is -3.41. The van der Waals surface area contributed by atoms with E-state index >= 15 is 0 Å². The molecule has 6 heteroatoms. The normalized spacial score (nSPS) is 12.7. The molecule has 0 aromatic rings. The molecule has 402 valence electrons. The molecule has 0 N–H and O–H groups in total. The molecular weight excluding hydrogens is 865 g/mol. The van der Waals surface area contributed by atoms with Crippen molar-refractivity contribution < 1.29 is 28.6 Å². The molecular formula is C64H110O6. The standard InChI is InChI=1S/C64H110O6/c1-4-7-10-13-16-19-21-23-25-26-27-28-29-30-31-32-33-34-35-36-37-38-40-41-43-45-48-51-54-57-63(66)69-60-61(59-68-62(65)56-53-50-47-18-15-12-9-6-3)70-64(67)58-55-52-49-46-44-42-39-24-22-20-17-14-11-8-5-2/h7,10,16,19,23,25,27-28,30-31,33-34,36-37,61H,4-6,8-9,11-15,17-18,20-22,24,26,29,32,35,38-60H2,1-3H3/b10-7-,19-16-,25-23-,28-27-,31-30-,34-33-,37-36-. The maximum atomic E-state index is 12.8. The molecule has 70 heavy (non-hydrogen) atoms. The van der Waals surface area contributed by atoms with Gasteiger partial charge in [-0.15, -0.1) is 0 Å². The van der Waals surface area contributed by atoms with Crippen molar-refractivity contribution in [3.63, 3.8) is 0 Å². The van der Waals surface area contributed by atoms with Gasteiger partial charge in [0.2, 0.25) is 0 Å². The summed E-state index contributed by atoms with van der Waals surface area (Å²) in [6.45, 7) is 6.50. The van der Waals surface area contributed by atoms with Crippen molar-refractivity contribution in [3.8, 4) is 0 Å². The summed E-state index contributed by atoms with van der Waals surface area (Å²) in [5, 5.41) is 0. The summed E-state index contributed by atoms with van der Waals surface area (Å²) in [5.74, 6) is -0.884. The fraction of sp³-hybridized carbons (Fsp3) is 0.734. The summed E-state index contributed by atoms with van der Waals surface area (Å²) in [6.07, 6.45) is 75.9. The van der Waals surface area contributed by atoms with Crippen LogP contribution in [0.2, 0.25) is 0 Å². The van der Waals surface area contributed by atoms with Crippen molar-refractivity contribution in [2.24, 2.45) is 0 Å². The van der Waals surface area contributed by atoms with Crippen LogP contribution in [0.25, 0.3) is 0 Å². The molecule has 0 rings (SSSR count). The number of hydrogen-bond acceptors (Lipinski definition) is 6. The molecule has 0 aromatic heterocycles. The second kappa shape index (κ2) is 58.2. The van der Waals surface area contributed by atoms with E-state index in [1.165, 1.54) is 135 Å². The third-order valence-electron chi connectivity index (χ3n) is 12.7. The largest absolute Gasteiger partial charge is 0.462 e. The lowest BCUT2D eigenvalue weighted by Crippen LogP contribution is -2.30. The van der Waals surface area contributed by atoms with E-state index in [2.05, 4.69) is 106 Å². The fourth-order valence-electron chi connectivity index (χ4n) is 8.25. The molecule has 0 spiro atoms. The lowest BCUT2D eigenvalue weighted by atomic mass is 10.0. The van der Waals surface area contributed by atoms with Crippen LogP contribution in [0, 0.1) is 0 Å². The Labute approximate surface area is 433 Å². The Bertz CT molecular complexity index is 1350. The van der Waals surface area contributed by atoms with Gasteiger partial charge in [-0.05, 0) is 77.0 Å². The molecule has 0 aliphatic carbocycles. The quantitative estimate of drug-likeness (QED) is 0.0261. The van der Waals surface area contributed by atoms with Crippen LogP contribution in [-0.2, 0) is 28.6 Å². The first-order valence-corrected chi connectivity index (χ1v) is 29.6. The first-order valence-electron chi connectivity index (χ1n) is 29.6. The zero-order valence-corrected chi connectivity index (χ0v) is 46.0. The monoisotopic (exact) mass is 975 g/mol. The van der Waals surface area contributed by atoms with Gasteiger partial charge in [0.15, 0.2) is 6.10 Å². The Kier molecular flexibility index (Phi) is 55.3. The lowest BCUT2D eigenvalue weighted by molar-refractivity contribution is -0.167. The van der Waals surface area contributed by atoms with Crippen molar-refractivity contribution in [1.82, 2.24) is 0 Å². The first-order chi connectivity index (χ1) is 34.5. The second-order valence-electron chi connectivity index (χ2n) is 19.5. The molecule has 0 fully saturated rings. The van der Waals surface area contributed by atoms with E-state index in [1.54, 1.807) is 0 Å². The smallest absolute Gasteiger partial charge is 0.306 e. The Morgan fingerprint density at radius 3 is 0.871 bits per heavy atom. The summed E-state index contributed by atoms with van der Waals surface area (Å²) in [7, 11) is 0. The fourth-order valence-corrected chi connectivity index (χ4v) is 8.25. The third-order valence-corrected chi connectivity index (χ3v) is 12.7. The first kappa shape index (κ1) is 66.6. The number of carbonyl (C=O) groups excluding carboxylic acids is 3. The Morgan fingerprint density at radius 1 is 0.300 bits per heavy atom. The summed E-state index contributed by atoms with van der Waals surface area (Å²) >= 11 is 0. The van der Waals surface area contributed by atoms with Crippen molar-refractivity contribution in [2.75, 3.05) is 13.2 Å². The highest BCUT2D eigenvalue weighted by Gasteiger charge is 2.19. The van der Waals surface area contributed by atoms with Crippen LogP contribution < -0.4 is 0 Å². The molecule has 0 aromatic carbocycles. The van der Waals surface area contributed by atoms with Gasteiger partial charge in [0.25, 0.3) is 0 Å². The zero-order chi connectivity index (χ0) is 50.7. The van der Waals surface area contributed by atoms with Gasteiger partial charge in [0, 0.05) is 19.3 Å². The van der Waals surface area contributed by atoms with E-state index in [0.717, 1.165) is 109 Å². The van der Waals surface area contributed by atoms with Crippen LogP contribution in [0.15, 0.2) is 85.1 Å². The van der Waals surface area contributed by atoms with Crippen molar-refractivity contribution >= 4 is 17.9 Å². The van der Waals surface area contributed by atoms with Crippen molar-refractivity contribution in [3.05, 3.63) is 85.1 Å². The van der Waals surface area contributed by atoms with Gasteiger partial charge >= 0.3 is 17.9 Å². The average molecular weight is 976 g/mol. The molecule has 1 atom stereocenters. The van der Waals surface area contributed by atoms with Gasteiger partial charge in [0.1, 0.15) is 13.2 Å². The van der Waals surface area contributed by atoms with Crippen LogP contribution in [0.4, 0.5) is 0 Å². The molecule has 0 saturated carbocycles. The topological polar surface area (TPSA) is 78.9 Å². The number of esters is 3. The highest BCUT2D eigenvalue weighted by Crippen LogP contribution is 2.16. The van der Waals surface area contributed by atoms with Gasteiger partial charge < -0.3 is 14.2 Å². The van der Waals surface area contributed by atoms with Crippen LogP contribution in [0.5, 0.6) is 0 Å². The average Bonchev–Trinajstić information content (AvgIpc) is 3.36. The van der Waals surface area contributed by atoms with Gasteiger partial charge in [-0.2, -0.15) is 0 Å². The second-order valence-corrected chi connectivity index (χ2v) is 19.5. The minimum Gasteiger partial charge on any atom is -0.462 e. The number of allylic oxidation sites excluding steroid dienone is 14. The van der Waals surface area contributed by atoms with Crippen LogP contribution in [-0.4, -0.2) is 37.2 Å². The van der Waals surface area contributed by atoms with Crippen LogP contribution in [0.1, 0.15) is 284 Å². The molecule has 0 aliphatic rings. The predicted octanol–water partition coefficient (Wildman–Crippen LogP) is 19.9. The van der Waals surface area contributed by atoms with Crippen molar-refractivity contribution in [2.45, 2.75) is 290 Å². The number of ether oxygens (including phenoxy) is 3. The Balaban J connectivity index is 4.20. The highest BCUT2D eigenvalue weighted by molar-refractivity contribution is 5.71. The van der Waals surface area contributed by atoms with Gasteiger partial charge in [-0.1, -0.05) is 273 Å². The number of unbranched alkanes of at least 4 members (excludes halogenated alkanes) is 28. The maximum Gasteiger partial charge on any atom is 0.306 e. The summed E-state index contributed by atoms with van der Waals surface area (Å²) in [5.41, 5.74) is 0. The lowest BCUT2D eigenvalue weighted by Gasteiger charge is -2.18. The maximum absolute atomic E-state index is 12.8. The summed E-state index contributed by atoms with van der Waals surface area (Å²) in [4.78, 5) is 38.0. The van der Waals surface area contributed by atoms with E-state index in [1.807, 2.05) is 0 Å². The Morgan fingerprint density at radius 2 is 0.557 bits per heavy atom. The third kappa shape index (κ3) is 55.5. The van der Waals surface area contributed by atoms with E-state index in [0.29, 0.717) is 19.3 Å². The molecule has 0 radical (unpaired) electrons. The molecule has 0 saturated heterocycles. The van der Waals surface area contributed by atoms with E-state index < -0.39 is 6.10 Å². The SMILES string of the molecule is CC/C=C\C/C=C\C/C=C\C/C=C\C/C=C\C/C=C\C/C=C\CCCCCCCCCC(=O)OCC(COC(=O)CCCCCCCCCC)OC(=O)CCCCCCCCCCCCCCCCC. The molecule has 6 nitrogen and oxygen atoms in total. The van der Waals surface area contributed by atoms with Gasteiger partial charge in [0.05, 0.1) is 0 Å². The minimum atomic E-state index is -0.776. The summed E-state index contributed by atoms with van der Waals surface area (Å²) < 4.78 is 16.8. The number of rotatable bonds is 53. The van der Waals surface area contributed by atoms with Crippen LogP contribution in [0.3, 0.4) is 0 Å². The highest BCUT2D eigenvalue weighted by atomic mass is 16.6. The van der Waals surface area contributed by atoms with E-state index in [4.69, 9.17) is 14.2 Å². The number of hydrogen-bond donors (Lipinski definition) is 0. The molecule has 0 aliphatic heterocycles. The minimum absolute atomic E-state index is 0.0764. The van der Waals surface area contributed by atoms with E-state index in [9.17, 15) is 14.4 Å². The molecule has 1 unspecified atom stereocenters. The molecule has 0 amide bonds.